The monoisotopic (exact) mass is 457 g/mol. The Balaban J connectivity index is 1.89. The van der Waals surface area contributed by atoms with Crippen molar-refractivity contribution in [2.45, 2.75) is 57.9 Å². The van der Waals surface area contributed by atoms with Crippen LogP contribution < -0.4 is 15.1 Å². The molecule has 0 saturated heterocycles. The number of sulfonamides is 1. The van der Waals surface area contributed by atoms with E-state index in [2.05, 4.69) is 4.72 Å². The van der Waals surface area contributed by atoms with Crippen molar-refractivity contribution in [1.82, 2.24) is 4.72 Å². The molecule has 1 heterocycles. The number of fused-ring (bicyclic) bond motifs is 1. The van der Waals surface area contributed by atoms with Crippen molar-refractivity contribution in [2.75, 3.05) is 0 Å². The molecule has 1 N–H and O–H groups in total. The maximum atomic E-state index is 13.0. The molecular weight excluding hydrogens is 430 g/mol. The Morgan fingerprint density at radius 1 is 1.09 bits per heavy atom. The molecule has 0 bridgehead atoms. The Hall–Kier alpha value is -2.97. The lowest BCUT2D eigenvalue weighted by atomic mass is 10.1. The number of benzene rings is 2. The van der Waals surface area contributed by atoms with Crippen LogP contribution in [0.4, 0.5) is 0 Å². The molecule has 0 saturated carbocycles. The first kappa shape index (κ1) is 23.7. The zero-order valence-corrected chi connectivity index (χ0v) is 19.4. The minimum absolute atomic E-state index is 0.0801. The fourth-order valence-electron chi connectivity index (χ4n) is 3.40. The fourth-order valence-corrected chi connectivity index (χ4v) is 4.62. The van der Waals surface area contributed by atoms with Gasteiger partial charge in [0, 0.05) is 17.0 Å². The van der Waals surface area contributed by atoms with E-state index in [0.717, 1.165) is 22.9 Å². The molecule has 0 aliphatic rings. The Labute approximate surface area is 187 Å². The topological polar surface area (TPSA) is 103 Å². The molecule has 0 aliphatic heterocycles. The molecule has 0 unspecified atom stereocenters. The van der Waals surface area contributed by atoms with E-state index in [1.807, 2.05) is 13.8 Å². The predicted octanol–water partition coefficient (Wildman–Crippen LogP) is 4.16. The summed E-state index contributed by atoms with van der Waals surface area (Å²) in [6.45, 7) is 7.30. The second-order valence-corrected chi connectivity index (χ2v) is 9.58. The number of nitrogens with one attached hydrogen (secondary N) is 1. The van der Waals surface area contributed by atoms with Crippen molar-refractivity contribution < 1.29 is 22.4 Å². The van der Waals surface area contributed by atoms with Crippen molar-refractivity contribution in [3.05, 3.63) is 69.6 Å². The highest BCUT2D eigenvalue weighted by molar-refractivity contribution is 7.89. The largest absolute Gasteiger partial charge is 0.425 e. The standard InChI is InChI=1S/C24H27NO6S/c1-5-6-7-20(25-32(28,29)18-10-8-15(2)9-11-18)24(27)30-21-13-12-19-16(3)14-22(26)31-23(19)17(21)4/h8-14,20,25H,5-7H2,1-4H3/t20-/m0/s1. The molecule has 8 heteroatoms. The van der Waals surface area contributed by atoms with Crippen LogP contribution in [0.15, 0.2) is 56.6 Å². The molecule has 1 aromatic heterocycles. The quantitative estimate of drug-likeness (QED) is 0.310. The number of carbonyl (C=O) groups is 1. The van der Waals surface area contributed by atoms with Gasteiger partial charge >= 0.3 is 11.6 Å². The van der Waals surface area contributed by atoms with Gasteiger partial charge in [0.2, 0.25) is 10.0 Å². The summed E-state index contributed by atoms with van der Waals surface area (Å²) < 4.78 is 39.0. The van der Waals surface area contributed by atoms with Gasteiger partial charge in [0.25, 0.3) is 0 Å². The number of aryl methyl sites for hydroxylation is 3. The smallest absolute Gasteiger partial charge is 0.336 e. The number of hydrogen-bond acceptors (Lipinski definition) is 6. The van der Waals surface area contributed by atoms with E-state index in [1.54, 1.807) is 38.1 Å². The van der Waals surface area contributed by atoms with Crippen molar-refractivity contribution in [1.29, 1.82) is 0 Å². The summed E-state index contributed by atoms with van der Waals surface area (Å²) in [6.07, 6.45) is 1.72. The first-order valence-corrected chi connectivity index (χ1v) is 12.0. The van der Waals surface area contributed by atoms with E-state index in [0.29, 0.717) is 24.0 Å². The maximum Gasteiger partial charge on any atom is 0.336 e. The molecule has 1 atom stereocenters. The first-order chi connectivity index (χ1) is 15.1. The van der Waals surface area contributed by atoms with Crippen LogP contribution in [0.2, 0.25) is 0 Å². The zero-order chi connectivity index (χ0) is 23.5. The van der Waals surface area contributed by atoms with E-state index in [1.165, 1.54) is 18.2 Å². The van der Waals surface area contributed by atoms with Gasteiger partial charge in [-0.1, -0.05) is 37.5 Å². The summed E-state index contributed by atoms with van der Waals surface area (Å²) in [4.78, 5) is 24.8. The molecule has 0 radical (unpaired) electrons. The third-order valence-corrected chi connectivity index (χ3v) is 6.78. The molecule has 3 aromatic rings. The number of carbonyl (C=O) groups excluding carboxylic acids is 1. The van der Waals surface area contributed by atoms with Crippen LogP contribution in [0.5, 0.6) is 5.75 Å². The van der Waals surface area contributed by atoms with E-state index in [-0.39, 0.29) is 10.6 Å². The first-order valence-electron chi connectivity index (χ1n) is 10.5. The van der Waals surface area contributed by atoms with Crippen LogP contribution in [0, 0.1) is 20.8 Å². The molecule has 3 rings (SSSR count). The lowest BCUT2D eigenvalue weighted by Gasteiger charge is -2.18. The highest BCUT2D eigenvalue weighted by atomic mass is 32.2. The molecule has 170 valence electrons. The molecule has 0 aliphatic carbocycles. The van der Waals surface area contributed by atoms with Crippen LogP contribution in [0.3, 0.4) is 0 Å². The van der Waals surface area contributed by atoms with E-state index in [9.17, 15) is 18.0 Å². The average molecular weight is 458 g/mol. The average Bonchev–Trinajstić information content (AvgIpc) is 2.73. The normalized spacial score (nSPS) is 12.6. The van der Waals surface area contributed by atoms with Crippen molar-refractivity contribution in [3.63, 3.8) is 0 Å². The molecule has 0 spiro atoms. The third-order valence-electron chi connectivity index (χ3n) is 5.29. The number of esters is 1. The Morgan fingerprint density at radius 3 is 2.44 bits per heavy atom. The van der Waals surface area contributed by atoms with Crippen LogP contribution >= 0.6 is 0 Å². The Morgan fingerprint density at radius 2 is 1.78 bits per heavy atom. The summed E-state index contributed by atoms with van der Waals surface area (Å²) in [6, 6.07) is 10.1. The summed E-state index contributed by atoms with van der Waals surface area (Å²) in [7, 11) is -3.91. The Bertz CT molecular complexity index is 1290. The van der Waals surface area contributed by atoms with E-state index in [4.69, 9.17) is 9.15 Å². The second kappa shape index (κ2) is 9.67. The fraction of sp³-hybridized carbons (Fsp3) is 0.333. The summed E-state index contributed by atoms with van der Waals surface area (Å²) in [5.74, 6) is -0.501. The number of hydrogen-bond donors (Lipinski definition) is 1. The van der Waals surface area contributed by atoms with Crippen molar-refractivity contribution in [3.8, 4) is 5.75 Å². The highest BCUT2D eigenvalue weighted by Crippen LogP contribution is 2.28. The van der Waals surface area contributed by atoms with Gasteiger partial charge in [0.1, 0.15) is 17.4 Å². The number of unbranched alkanes of at least 4 members (excludes halogenated alkanes) is 1. The second-order valence-electron chi connectivity index (χ2n) is 7.86. The molecule has 2 aromatic carbocycles. The predicted molar refractivity (Wildman–Crippen MR) is 122 cm³/mol. The van der Waals surface area contributed by atoms with Crippen LogP contribution in [-0.4, -0.2) is 20.4 Å². The molecule has 32 heavy (non-hydrogen) atoms. The van der Waals surface area contributed by atoms with E-state index >= 15 is 0 Å². The van der Waals surface area contributed by atoms with E-state index < -0.39 is 27.7 Å². The highest BCUT2D eigenvalue weighted by Gasteiger charge is 2.27. The summed E-state index contributed by atoms with van der Waals surface area (Å²) in [5, 5.41) is 0.740. The molecule has 0 amide bonds. The van der Waals surface area contributed by atoms with Crippen LogP contribution in [0.25, 0.3) is 11.0 Å². The van der Waals surface area contributed by atoms with Gasteiger partial charge in [-0.05, 0) is 57.0 Å². The van der Waals surface area contributed by atoms with Crippen molar-refractivity contribution >= 4 is 27.0 Å². The molecular formula is C24H27NO6S. The third kappa shape index (κ3) is 5.26. The van der Waals surface area contributed by atoms with Gasteiger partial charge < -0.3 is 9.15 Å². The molecule has 7 nitrogen and oxygen atoms in total. The number of rotatable bonds is 8. The van der Waals surface area contributed by atoms with Gasteiger partial charge in [-0.2, -0.15) is 4.72 Å². The molecule has 0 fully saturated rings. The van der Waals surface area contributed by atoms with Gasteiger partial charge in [0.15, 0.2) is 0 Å². The minimum Gasteiger partial charge on any atom is -0.425 e. The van der Waals surface area contributed by atoms with Crippen molar-refractivity contribution in [2.24, 2.45) is 0 Å². The Kier molecular flexibility index (Phi) is 7.16. The SMILES string of the molecule is CCCC[C@H](NS(=O)(=O)c1ccc(C)cc1)C(=O)Oc1ccc2c(C)cc(=O)oc2c1C. The van der Waals surface area contributed by atoms with Crippen LogP contribution in [-0.2, 0) is 14.8 Å². The van der Waals surface area contributed by atoms with Crippen LogP contribution in [0.1, 0.15) is 42.9 Å². The lowest BCUT2D eigenvalue weighted by molar-refractivity contribution is -0.136. The summed E-state index contributed by atoms with van der Waals surface area (Å²) in [5.41, 5.74) is 2.02. The summed E-state index contributed by atoms with van der Waals surface area (Å²) >= 11 is 0. The zero-order valence-electron chi connectivity index (χ0n) is 18.6. The minimum atomic E-state index is -3.91. The van der Waals surface area contributed by atoms with Gasteiger partial charge in [-0.25, -0.2) is 18.0 Å². The lowest BCUT2D eigenvalue weighted by Crippen LogP contribution is -2.43. The van der Waals surface area contributed by atoms with Gasteiger partial charge in [-0.3, -0.25) is 0 Å². The maximum absolute atomic E-state index is 13.0. The van der Waals surface area contributed by atoms with Gasteiger partial charge in [-0.15, -0.1) is 0 Å². The van der Waals surface area contributed by atoms with Gasteiger partial charge in [0.05, 0.1) is 4.90 Å². The number of ether oxygens (including phenoxy) is 1.